The third-order valence-electron chi connectivity index (χ3n) is 1.32. The Morgan fingerprint density at radius 3 is 2.50 bits per heavy atom. The highest BCUT2D eigenvalue weighted by molar-refractivity contribution is 6.55. The molecule has 0 saturated heterocycles. The van der Waals surface area contributed by atoms with Gasteiger partial charge in [0, 0.05) is 21.4 Å². The second-order valence-corrected chi connectivity index (χ2v) is 6.14. The maximum Gasteiger partial charge on any atom is 0.0572 e. The Labute approximate surface area is 64.5 Å². The smallest absolute Gasteiger partial charge is 0.0572 e. The summed E-state index contributed by atoms with van der Waals surface area (Å²) in [5.74, 6) is 0. The van der Waals surface area contributed by atoms with E-state index in [2.05, 4.69) is 18.6 Å². The minimum absolute atomic E-state index is 0.358. The van der Waals surface area contributed by atoms with Gasteiger partial charge in [-0.25, -0.2) is 0 Å². The Bertz CT molecular complexity index is 80.1. The molecule has 1 atom stereocenters. The van der Waals surface area contributed by atoms with Crippen LogP contribution in [0.15, 0.2) is 0 Å². The zero-order valence-corrected chi connectivity index (χ0v) is 8.21. The minimum Gasteiger partial charge on any atom is -0.329 e. The molecule has 0 spiro atoms. The van der Waals surface area contributed by atoms with E-state index < -0.39 is 8.80 Å². The standard InChI is InChI=1S/C6H18N2OSi/c1-9-8-6(4-7)5-10(2)3/h6,8,10H,4-5,7H2,1-3H3. The van der Waals surface area contributed by atoms with Gasteiger partial charge in [-0.3, -0.25) is 0 Å². The molecule has 0 saturated carbocycles. The maximum atomic E-state index is 5.49. The average molecular weight is 162 g/mol. The van der Waals surface area contributed by atoms with Crippen LogP contribution in [0, 0.1) is 0 Å². The summed E-state index contributed by atoms with van der Waals surface area (Å²) in [5, 5.41) is 0. The lowest BCUT2D eigenvalue weighted by Crippen LogP contribution is -2.37. The summed E-state index contributed by atoms with van der Waals surface area (Å²) < 4.78 is 0. The molecule has 0 radical (unpaired) electrons. The van der Waals surface area contributed by atoms with Crippen molar-refractivity contribution in [2.75, 3.05) is 13.7 Å². The summed E-state index contributed by atoms with van der Waals surface area (Å²) in [5.41, 5.74) is 8.36. The van der Waals surface area contributed by atoms with Crippen LogP contribution in [0.25, 0.3) is 0 Å². The SMILES string of the molecule is CONC(CN)C[SiH](C)C. The monoisotopic (exact) mass is 162 g/mol. The van der Waals surface area contributed by atoms with Crippen molar-refractivity contribution in [3.8, 4) is 0 Å². The van der Waals surface area contributed by atoms with Gasteiger partial charge in [0.2, 0.25) is 0 Å². The van der Waals surface area contributed by atoms with Gasteiger partial charge in [-0.2, -0.15) is 5.48 Å². The lowest BCUT2D eigenvalue weighted by Gasteiger charge is -2.15. The molecule has 0 aliphatic heterocycles. The first-order chi connectivity index (χ1) is 4.70. The van der Waals surface area contributed by atoms with Crippen LogP contribution in [0.2, 0.25) is 19.1 Å². The van der Waals surface area contributed by atoms with E-state index in [4.69, 9.17) is 10.6 Å². The largest absolute Gasteiger partial charge is 0.329 e. The molecule has 4 heteroatoms. The van der Waals surface area contributed by atoms with Crippen molar-refractivity contribution in [2.45, 2.75) is 25.2 Å². The van der Waals surface area contributed by atoms with Crippen LogP contribution < -0.4 is 11.2 Å². The summed E-state index contributed by atoms with van der Waals surface area (Å²) in [7, 11) is 1.13. The molecule has 0 aromatic rings. The van der Waals surface area contributed by atoms with Crippen LogP contribution >= 0.6 is 0 Å². The van der Waals surface area contributed by atoms with Crippen LogP contribution in [-0.4, -0.2) is 28.5 Å². The van der Waals surface area contributed by atoms with Gasteiger partial charge in [-0.05, 0) is 6.04 Å². The lowest BCUT2D eigenvalue weighted by atomic mass is 10.4. The molecule has 0 aliphatic rings. The molecule has 3 nitrogen and oxygen atoms in total. The van der Waals surface area contributed by atoms with Crippen LogP contribution in [0.1, 0.15) is 0 Å². The summed E-state index contributed by atoms with van der Waals surface area (Å²) in [6, 6.07) is 1.56. The van der Waals surface area contributed by atoms with Crippen molar-refractivity contribution in [2.24, 2.45) is 5.73 Å². The van der Waals surface area contributed by atoms with Gasteiger partial charge >= 0.3 is 0 Å². The van der Waals surface area contributed by atoms with E-state index in [-0.39, 0.29) is 0 Å². The third kappa shape index (κ3) is 4.93. The fourth-order valence-electron chi connectivity index (χ4n) is 0.928. The molecular formula is C6H18N2OSi. The highest BCUT2D eigenvalue weighted by atomic mass is 28.3. The Hall–Kier alpha value is 0.0969. The third-order valence-corrected chi connectivity index (χ3v) is 2.84. The molecule has 3 N–H and O–H groups in total. The Kier molecular flexibility index (Phi) is 5.91. The number of nitrogens with one attached hydrogen (secondary N) is 1. The Morgan fingerprint density at radius 1 is 1.60 bits per heavy atom. The van der Waals surface area contributed by atoms with Gasteiger partial charge in [0.1, 0.15) is 0 Å². The molecule has 0 bridgehead atoms. The van der Waals surface area contributed by atoms with E-state index >= 15 is 0 Å². The predicted molar refractivity (Wildman–Crippen MR) is 46.7 cm³/mol. The minimum atomic E-state index is -0.500. The first-order valence-electron chi connectivity index (χ1n) is 3.69. The first kappa shape index (κ1) is 10.1. The van der Waals surface area contributed by atoms with Gasteiger partial charge < -0.3 is 10.6 Å². The lowest BCUT2D eigenvalue weighted by molar-refractivity contribution is 0.0682. The fraction of sp³-hybridized carbons (Fsp3) is 1.00. The van der Waals surface area contributed by atoms with E-state index in [1.807, 2.05) is 0 Å². The molecular weight excluding hydrogens is 144 g/mol. The molecule has 0 aliphatic carbocycles. The van der Waals surface area contributed by atoms with Crippen LogP contribution in [0.5, 0.6) is 0 Å². The van der Waals surface area contributed by atoms with Gasteiger partial charge in [0.15, 0.2) is 0 Å². The van der Waals surface area contributed by atoms with E-state index in [0.717, 1.165) is 0 Å². The van der Waals surface area contributed by atoms with E-state index in [1.165, 1.54) is 6.04 Å². The van der Waals surface area contributed by atoms with Crippen LogP contribution in [0.3, 0.4) is 0 Å². The van der Waals surface area contributed by atoms with Crippen molar-refractivity contribution in [3.05, 3.63) is 0 Å². The Morgan fingerprint density at radius 2 is 2.20 bits per heavy atom. The van der Waals surface area contributed by atoms with Gasteiger partial charge in [0.25, 0.3) is 0 Å². The van der Waals surface area contributed by atoms with E-state index in [0.29, 0.717) is 12.6 Å². The molecule has 62 valence electrons. The number of rotatable bonds is 5. The second kappa shape index (κ2) is 5.85. The van der Waals surface area contributed by atoms with Crippen molar-refractivity contribution < 1.29 is 4.84 Å². The first-order valence-corrected chi connectivity index (χ1v) is 6.81. The number of hydrogen-bond donors (Lipinski definition) is 2. The maximum absolute atomic E-state index is 5.49. The Balaban J connectivity index is 3.39. The summed E-state index contributed by atoms with van der Waals surface area (Å²) in [6.45, 7) is 5.28. The number of hydrogen-bond acceptors (Lipinski definition) is 3. The van der Waals surface area contributed by atoms with Crippen molar-refractivity contribution in [1.29, 1.82) is 0 Å². The van der Waals surface area contributed by atoms with Gasteiger partial charge in [0.05, 0.1) is 7.11 Å². The van der Waals surface area contributed by atoms with Crippen molar-refractivity contribution >= 4 is 8.80 Å². The fourth-order valence-corrected chi connectivity index (χ4v) is 2.35. The molecule has 10 heavy (non-hydrogen) atoms. The molecule has 0 rings (SSSR count). The predicted octanol–water partition coefficient (Wildman–Crippen LogP) is -0.0486. The molecule has 0 heterocycles. The molecule has 1 unspecified atom stereocenters. The normalized spacial score (nSPS) is 14.1. The average Bonchev–Trinajstić information content (AvgIpc) is 1.86. The summed E-state index contributed by atoms with van der Waals surface area (Å²) in [4.78, 5) is 4.79. The second-order valence-electron chi connectivity index (χ2n) is 2.88. The van der Waals surface area contributed by atoms with Gasteiger partial charge in [-0.15, -0.1) is 0 Å². The zero-order valence-electron chi connectivity index (χ0n) is 7.05. The summed E-state index contributed by atoms with van der Waals surface area (Å²) in [6.07, 6.45) is 0. The van der Waals surface area contributed by atoms with Crippen molar-refractivity contribution in [3.63, 3.8) is 0 Å². The zero-order chi connectivity index (χ0) is 7.98. The van der Waals surface area contributed by atoms with E-state index in [1.54, 1.807) is 7.11 Å². The quantitative estimate of drug-likeness (QED) is 0.440. The van der Waals surface area contributed by atoms with Crippen LogP contribution in [0.4, 0.5) is 0 Å². The highest BCUT2D eigenvalue weighted by Gasteiger charge is 2.07. The number of nitrogens with two attached hydrogens (primary N) is 1. The van der Waals surface area contributed by atoms with Crippen LogP contribution in [-0.2, 0) is 4.84 Å². The van der Waals surface area contributed by atoms with Gasteiger partial charge in [-0.1, -0.05) is 13.1 Å². The molecule has 0 amide bonds. The molecule has 0 aromatic heterocycles. The highest BCUT2D eigenvalue weighted by Crippen LogP contribution is 1.96. The molecule has 0 fully saturated rings. The number of hydroxylamine groups is 1. The summed E-state index contributed by atoms with van der Waals surface area (Å²) >= 11 is 0. The van der Waals surface area contributed by atoms with E-state index in [9.17, 15) is 0 Å². The topological polar surface area (TPSA) is 47.3 Å². The van der Waals surface area contributed by atoms with Crippen molar-refractivity contribution in [1.82, 2.24) is 5.48 Å². The molecule has 0 aromatic carbocycles.